The Balaban J connectivity index is 1.58. The summed E-state index contributed by atoms with van der Waals surface area (Å²) in [7, 11) is 0. The Morgan fingerprint density at radius 1 is 0.774 bits per heavy atom. The van der Waals surface area contributed by atoms with Crippen molar-refractivity contribution in [3.05, 3.63) is 71.5 Å². The van der Waals surface area contributed by atoms with E-state index in [0.717, 1.165) is 16.8 Å². The molecule has 0 aromatic heterocycles. The number of carbonyl (C=O) groups is 3. The van der Waals surface area contributed by atoms with Gasteiger partial charge in [-0.3, -0.25) is 9.59 Å². The molecule has 0 spiro atoms. The third kappa shape index (κ3) is 4.26. The van der Waals surface area contributed by atoms with Crippen LogP contribution in [0.25, 0.3) is 21.9 Å². The molecule has 1 aliphatic rings. The largest absolute Gasteiger partial charge is 0.478 e. The van der Waals surface area contributed by atoms with Gasteiger partial charge in [0.1, 0.15) is 5.82 Å². The summed E-state index contributed by atoms with van der Waals surface area (Å²) in [5.41, 5.74) is 1.62. The fourth-order valence-corrected chi connectivity index (χ4v) is 3.85. The SMILES string of the molecule is CC(=O)N1CCN(C(=O)c2ccc3cc(-c4cc(F)cc(C(=O)O)c4)ccc3c2)CC1. The number of fused-ring (bicyclic) bond motifs is 1. The lowest BCUT2D eigenvalue weighted by Gasteiger charge is -2.34. The minimum atomic E-state index is -1.19. The molecule has 1 aliphatic heterocycles. The standard InChI is InChI=1S/C24H21FN2O4/c1-15(28)26-6-8-27(9-7-26)23(29)19-5-4-16-10-18(3-2-17(16)11-19)20-12-21(24(30)31)14-22(25)13-20/h2-5,10-14H,6-9H2,1H3,(H,30,31). The number of rotatable bonds is 3. The number of carbonyl (C=O) groups excluding carboxylic acids is 2. The van der Waals surface area contributed by atoms with Gasteiger partial charge in [-0.15, -0.1) is 0 Å². The van der Waals surface area contributed by atoms with E-state index >= 15 is 0 Å². The number of hydrogen-bond acceptors (Lipinski definition) is 3. The lowest BCUT2D eigenvalue weighted by molar-refractivity contribution is -0.130. The first-order valence-corrected chi connectivity index (χ1v) is 9.95. The summed E-state index contributed by atoms with van der Waals surface area (Å²) in [6, 6.07) is 14.6. The molecule has 0 aliphatic carbocycles. The van der Waals surface area contributed by atoms with E-state index < -0.39 is 11.8 Å². The number of piperazine rings is 1. The summed E-state index contributed by atoms with van der Waals surface area (Å²) >= 11 is 0. The molecular formula is C24H21FN2O4. The van der Waals surface area contributed by atoms with Crippen LogP contribution in [0.15, 0.2) is 54.6 Å². The van der Waals surface area contributed by atoms with E-state index in [0.29, 0.717) is 42.9 Å². The fourth-order valence-electron chi connectivity index (χ4n) is 3.85. The van der Waals surface area contributed by atoms with Crippen LogP contribution in [0.2, 0.25) is 0 Å². The molecule has 6 nitrogen and oxygen atoms in total. The first kappa shape index (κ1) is 20.5. The molecule has 1 saturated heterocycles. The molecule has 0 bridgehead atoms. The predicted molar refractivity (Wildman–Crippen MR) is 114 cm³/mol. The van der Waals surface area contributed by atoms with Crippen molar-refractivity contribution in [1.82, 2.24) is 9.80 Å². The molecule has 3 aromatic rings. The number of nitrogens with zero attached hydrogens (tertiary/aromatic N) is 2. The summed E-state index contributed by atoms with van der Waals surface area (Å²) in [5, 5.41) is 10.9. The van der Waals surface area contributed by atoms with Crippen molar-refractivity contribution in [3.8, 4) is 11.1 Å². The van der Waals surface area contributed by atoms with Gasteiger partial charge in [0.05, 0.1) is 5.56 Å². The van der Waals surface area contributed by atoms with Crippen LogP contribution in [0, 0.1) is 5.82 Å². The number of aromatic carboxylic acids is 1. The van der Waals surface area contributed by atoms with E-state index in [1.54, 1.807) is 21.9 Å². The van der Waals surface area contributed by atoms with Crippen LogP contribution < -0.4 is 0 Å². The van der Waals surface area contributed by atoms with Gasteiger partial charge in [-0.2, -0.15) is 0 Å². The minimum Gasteiger partial charge on any atom is -0.478 e. The van der Waals surface area contributed by atoms with E-state index in [1.165, 1.54) is 19.1 Å². The van der Waals surface area contributed by atoms with Gasteiger partial charge in [0.2, 0.25) is 5.91 Å². The van der Waals surface area contributed by atoms with Crippen molar-refractivity contribution in [2.75, 3.05) is 26.2 Å². The molecule has 3 aromatic carbocycles. The number of carboxylic acids is 1. The van der Waals surface area contributed by atoms with Gasteiger partial charge in [-0.05, 0) is 58.3 Å². The zero-order valence-corrected chi connectivity index (χ0v) is 17.0. The van der Waals surface area contributed by atoms with Crippen LogP contribution in [0.4, 0.5) is 4.39 Å². The normalized spacial score (nSPS) is 14.0. The Morgan fingerprint density at radius 3 is 2.10 bits per heavy atom. The van der Waals surface area contributed by atoms with E-state index in [-0.39, 0.29) is 17.4 Å². The maximum absolute atomic E-state index is 13.8. The maximum Gasteiger partial charge on any atom is 0.335 e. The van der Waals surface area contributed by atoms with Gasteiger partial charge in [0, 0.05) is 38.7 Å². The van der Waals surface area contributed by atoms with Crippen LogP contribution in [0.3, 0.4) is 0 Å². The molecule has 0 radical (unpaired) electrons. The molecule has 1 N–H and O–H groups in total. The van der Waals surface area contributed by atoms with Gasteiger partial charge in [-0.25, -0.2) is 9.18 Å². The highest BCUT2D eigenvalue weighted by Crippen LogP contribution is 2.27. The number of benzene rings is 3. The van der Waals surface area contributed by atoms with Crippen LogP contribution in [-0.4, -0.2) is 58.9 Å². The van der Waals surface area contributed by atoms with Gasteiger partial charge < -0.3 is 14.9 Å². The molecule has 31 heavy (non-hydrogen) atoms. The van der Waals surface area contributed by atoms with Gasteiger partial charge >= 0.3 is 5.97 Å². The summed E-state index contributed by atoms with van der Waals surface area (Å²) in [6.45, 7) is 3.59. The Kier molecular flexibility index (Phi) is 5.42. The zero-order chi connectivity index (χ0) is 22.1. The lowest BCUT2D eigenvalue weighted by atomic mass is 9.98. The highest BCUT2D eigenvalue weighted by Gasteiger charge is 2.23. The molecule has 1 heterocycles. The molecule has 7 heteroatoms. The Morgan fingerprint density at radius 2 is 1.42 bits per heavy atom. The number of amides is 2. The average Bonchev–Trinajstić information content (AvgIpc) is 2.77. The number of hydrogen-bond donors (Lipinski definition) is 1. The van der Waals surface area contributed by atoms with Gasteiger partial charge in [0.25, 0.3) is 5.91 Å². The molecular weight excluding hydrogens is 399 g/mol. The quantitative estimate of drug-likeness (QED) is 0.702. The van der Waals surface area contributed by atoms with Gasteiger partial charge in [0.15, 0.2) is 0 Å². The molecule has 1 fully saturated rings. The smallest absolute Gasteiger partial charge is 0.335 e. The Bertz CT molecular complexity index is 1200. The molecule has 2 amide bonds. The second kappa shape index (κ2) is 8.18. The summed E-state index contributed by atoms with van der Waals surface area (Å²) < 4.78 is 13.8. The van der Waals surface area contributed by atoms with Crippen molar-refractivity contribution in [3.63, 3.8) is 0 Å². The van der Waals surface area contributed by atoms with Gasteiger partial charge in [-0.1, -0.05) is 18.2 Å². The highest BCUT2D eigenvalue weighted by atomic mass is 19.1. The predicted octanol–water partition coefficient (Wildman–Crippen LogP) is 3.65. The van der Waals surface area contributed by atoms with Crippen molar-refractivity contribution >= 4 is 28.6 Å². The van der Waals surface area contributed by atoms with E-state index in [1.807, 2.05) is 24.3 Å². The van der Waals surface area contributed by atoms with E-state index in [9.17, 15) is 18.8 Å². The number of halogens is 1. The second-order valence-corrected chi connectivity index (χ2v) is 7.61. The topological polar surface area (TPSA) is 77.9 Å². The van der Waals surface area contributed by atoms with Crippen molar-refractivity contribution in [2.24, 2.45) is 0 Å². The second-order valence-electron chi connectivity index (χ2n) is 7.61. The first-order chi connectivity index (χ1) is 14.8. The minimum absolute atomic E-state index is 0.0161. The highest BCUT2D eigenvalue weighted by molar-refractivity contribution is 5.99. The Hall–Kier alpha value is -3.74. The summed E-state index contributed by atoms with van der Waals surface area (Å²) in [4.78, 5) is 39.0. The van der Waals surface area contributed by atoms with E-state index in [2.05, 4.69) is 0 Å². The van der Waals surface area contributed by atoms with E-state index in [4.69, 9.17) is 5.11 Å². The lowest BCUT2D eigenvalue weighted by Crippen LogP contribution is -2.50. The number of carboxylic acid groups (broad SMARTS) is 1. The average molecular weight is 420 g/mol. The molecule has 158 valence electrons. The van der Waals surface area contributed by atoms with Crippen molar-refractivity contribution in [1.29, 1.82) is 0 Å². The fraction of sp³-hybridized carbons (Fsp3) is 0.208. The Labute approximate surface area is 178 Å². The van der Waals surface area contributed by atoms with Crippen molar-refractivity contribution < 1.29 is 23.9 Å². The third-order valence-corrected chi connectivity index (χ3v) is 5.58. The third-order valence-electron chi connectivity index (χ3n) is 5.58. The summed E-state index contributed by atoms with van der Waals surface area (Å²) in [6.07, 6.45) is 0. The van der Waals surface area contributed by atoms with Crippen LogP contribution >= 0.6 is 0 Å². The van der Waals surface area contributed by atoms with Crippen molar-refractivity contribution in [2.45, 2.75) is 6.92 Å². The maximum atomic E-state index is 13.8. The van der Waals surface area contributed by atoms with Crippen LogP contribution in [0.1, 0.15) is 27.6 Å². The molecule has 0 atom stereocenters. The molecule has 0 saturated carbocycles. The molecule has 4 rings (SSSR count). The van der Waals surface area contributed by atoms with Crippen LogP contribution in [0.5, 0.6) is 0 Å². The summed E-state index contributed by atoms with van der Waals surface area (Å²) in [5.74, 6) is -1.86. The molecule has 0 unspecified atom stereocenters. The van der Waals surface area contributed by atoms with Crippen LogP contribution in [-0.2, 0) is 4.79 Å². The zero-order valence-electron chi connectivity index (χ0n) is 17.0. The first-order valence-electron chi connectivity index (χ1n) is 9.95. The monoisotopic (exact) mass is 420 g/mol.